The van der Waals surface area contributed by atoms with Crippen molar-refractivity contribution in [1.29, 1.82) is 0 Å². The minimum Gasteiger partial charge on any atom is -0.497 e. The van der Waals surface area contributed by atoms with Crippen molar-refractivity contribution in [1.82, 2.24) is 5.01 Å². The number of carbonyl (C=O) groups is 2. The molecule has 7 heteroatoms. The van der Waals surface area contributed by atoms with Gasteiger partial charge in [0.15, 0.2) is 0 Å². The monoisotopic (exact) mass is 357 g/mol. The summed E-state index contributed by atoms with van der Waals surface area (Å²) in [5.41, 5.74) is 1.42. The average Bonchev–Trinajstić information content (AvgIpc) is 2.63. The van der Waals surface area contributed by atoms with Gasteiger partial charge in [-0.25, -0.2) is 5.01 Å². The van der Waals surface area contributed by atoms with E-state index in [1.807, 2.05) is 0 Å². The number of methoxy groups -OCH3 is 1. The van der Waals surface area contributed by atoms with Crippen molar-refractivity contribution in [2.45, 2.75) is 0 Å². The summed E-state index contributed by atoms with van der Waals surface area (Å²) in [6.07, 6.45) is 1.53. The van der Waals surface area contributed by atoms with E-state index in [0.717, 1.165) is 5.56 Å². The number of hydrogen-bond donors (Lipinski definition) is 0. The quantitative estimate of drug-likeness (QED) is 0.790. The summed E-state index contributed by atoms with van der Waals surface area (Å²) in [7, 11) is 1.55. The summed E-state index contributed by atoms with van der Waals surface area (Å²) >= 11 is 5.83. The number of ether oxygens (including phenoxy) is 1. The van der Waals surface area contributed by atoms with Crippen LogP contribution in [0.4, 0.5) is 5.69 Å². The highest BCUT2D eigenvalue weighted by Gasteiger charge is 2.30. The lowest BCUT2D eigenvalue weighted by molar-refractivity contribution is -0.138. The highest BCUT2D eigenvalue weighted by molar-refractivity contribution is 6.30. The molecule has 1 aliphatic heterocycles. The van der Waals surface area contributed by atoms with Gasteiger partial charge in [0.25, 0.3) is 5.91 Å². The molecule has 1 saturated heterocycles. The van der Waals surface area contributed by atoms with E-state index in [0.29, 0.717) is 16.5 Å². The summed E-state index contributed by atoms with van der Waals surface area (Å²) in [6, 6.07) is 14.1. The zero-order valence-electron chi connectivity index (χ0n) is 13.6. The van der Waals surface area contributed by atoms with Crippen LogP contribution >= 0.6 is 11.6 Å². The second kappa shape index (κ2) is 7.36. The fourth-order valence-electron chi connectivity index (χ4n) is 2.41. The van der Waals surface area contributed by atoms with Gasteiger partial charge in [0, 0.05) is 16.8 Å². The van der Waals surface area contributed by atoms with Gasteiger partial charge in [-0.05, 0) is 29.8 Å². The van der Waals surface area contributed by atoms with Crippen molar-refractivity contribution in [3.05, 3.63) is 59.1 Å². The van der Waals surface area contributed by atoms with Crippen molar-refractivity contribution in [2.24, 2.45) is 5.10 Å². The van der Waals surface area contributed by atoms with E-state index in [-0.39, 0.29) is 24.9 Å². The molecule has 0 saturated carbocycles. The Morgan fingerprint density at radius 3 is 2.56 bits per heavy atom. The van der Waals surface area contributed by atoms with E-state index in [9.17, 15) is 9.59 Å². The van der Waals surface area contributed by atoms with Crippen LogP contribution in [0.2, 0.25) is 5.02 Å². The molecule has 2 aromatic rings. The van der Waals surface area contributed by atoms with Crippen LogP contribution in [0.5, 0.6) is 5.75 Å². The number of amides is 2. The Morgan fingerprint density at radius 1 is 1.08 bits per heavy atom. The maximum Gasteiger partial charge on any atom is 0.263 e. The van der Waals surface area contributed by atoms with Gasteiger partial charge in [-0.3, -0.25) is 9.59 Å². The molecule has 1 fully saturated rings. The molecular formula is C18H16ClN3O3. The predicted octanol–water partition coefficient (Wildman–Crippen LogP) is 2.56. The molecule has 0 atom stereocenters. The topological polar surface area (TPSA) is 62.2 Å². The molecule has 2 amide bonds. The Labute approximate surface area is 150 Å². The van der Waals surface area contributed by atoms with Gasteiger partial charge in [-0.15, -0.1) is 0 Å². The third kappa shape index (κ3) is 3.97. The number of halogens is 1. The minimum absolute atomic E-state index is 0.0655. The molecule has 6 nitrogen and oxygen atoms in total. The van der Waals surface area contributed by atoms with Crippen molar-refractivity contribution in [2.75, 3.05) is 25.1 Å². The first-order valence-electron chi connectivity index (χ1n) is 7.61. The SMILES string of the molecule is COc1cccc(N2CC(=O)N(N=Cc3ccc(Cl)cc3)CC2=O)c1. The third-order valence-corrected chi connectivity index (χ3v) is 4.00. The number of carbonyl (C=O) groups excluding carboxylic acids is 2. The van der Waals surface area contributed by atoms with Crippen molar-refractivity contribution >= 4 is 35.3 Å². The van der Waals surface area contributed by atoms with Gasteiger partial charge in [-0.1, -0.05) is 29.8 Å². The number of hydrogen-bond acceptors (Lipinski definition) is 4. The zero-order valence-corrected chi connectivity index (χ0v) is 14.3. The van der Waals surface area contributed by atoms with E-state index >= 15 is 0 Å². The summed E-state index contributed by atoms with van der Waals surface area (Å²) < 4.78 is 5.16. The Balaban J connectivity index is 1.72. The predicted molar refractivity (Wildman–Crippen MR) is 96.1 cm³/mol. The molecule has 0 spiro atoms. The van der Waals surface area contributed by atoms with Crippen LogP contribution in [-0.4, -0.2) is 43.2 Å². The molecule has 25 heavy (non-hydrogen) atoms. The highest BCUT2D eigenvalue weighted by atomic mass is 35.5. The molecular weight excluding hydrogens is 342 g/mol. The average molecular weight is 358 g/mol. The van der Waals surface area contributed by atoms with Crippen LogP contribution in [0, 0.1) is 0 Å². The van der Waals surface area contributed by atoms with Crippen molar-refractivity contribution < 1.29 is 14.3 Å². The summed E-state index contributed by atoms with van der Waals surface area (Å²) in [6.45, 7) is -0.176. The first-order chi connectivity index (χ1) is 12.1. The van der Waals surface area contributed by atoms with E-state index in [4.69, 9.17) is 16.3 Å². The van der Waals surface area contributed by atoms with Gasteiger partial charge in [0.2, 0.25) is 5.91 Å². The van der Waals surface area contributed by atoms with Crippen LogP contribution in [0.25, 0.3) is 0 Å². The maximum absolute atomic E-state index is 12.4. The fourth-order valence-corrected chi connectivity index (χ4v) is 2.54. The van der Waals surface area contributed by atoms with Crippen LogP contribution in [0.1, 0.15) is 5.56 Å². The van der Waals surface area contributed by atoms with Crippen LogP contribution in [-0.2, 0) is 9.59 Å². The smallest absolute Gasteiger partial charge is 0.263 e. The molecule has 0 bridgehead atoms. The standard InChI is InChI=1S/C18H16ClN3O3/c1-25-16-4-2-3-15(9-16)21-11-18(24)22(12-17(21)23)20-10-13-5-7-14(19)8-6-13/h2-10H,11-12H2,1H3. The second-order valence-corrected chi connectivity index (χ2v) is 5.87. The van der Waals surface area contributed by atoms with Gasteiger partial charge in [-0.2, -0.15) is 5.10 Å². The highest BCUT2D eigenvalue weighted by Crippen LogP contribution is 2.23. The van der Waals surface area contributed by atoms with E-state index in [2.05, 4.69) is 5.10 Å². The van der Waals surface area contributed by atoms with E-state index in [1.54, 1.807) is 55.6 Å². The summed E-state index contributed by atoms with van der Waals surface area (Å²) in [4.78, 5) is 26.2. The number of anilines is 1. The molecule has 2 aromatic carbocycles. The summed E-state index contributed by atoms with van der Waals surface area (Å²) in [5.74, 6) is 0.162. The Hall–Kier alpha value is -2.86. The molecule has 1 heterocycles. The van der Waals surface area contributed by atoms with Gasteiger partial charge in [0.1, 0.15) is 18.8 Å². The van der Waals surface area contributed by atoms with Gasteiger partial charge >= 0.3 is 0 Å². The maximum atomic E-state index is 12.4. The van der Waals surface area contributed by atoms with Crippen LogP contribution < -0.4 is 9.64 Å². The lowest BCUT2D eigenvalue weighted by atomic mass is 10.2. The molecule has 0 unspecified atom stereocenters. The number of benzene rings is 2. The second-order valence-electron chi connectivity index (χ2n) is 5.43. The lowest BCUT2D eigenvalue weighted by Crippen LogP contribution is -2.52. The van der Waals surface area contributed by atoms with Crippen molar-refractivity contribution in [3.63, 3.8) is 0 Å². The Morgan fingerprint density at radius 2 is 1.84 bits per heavy atom. The third-order valence-electron chi connectivity index (χ3n) is 3.75. The van der Waals surface area contributed by atoms with Crippen molar-refractivity contribution in [3.8, 4) is 5.75 Å². The molecule has 0 aliphatic carbocycles. The van der Waals surface area contributed by atoms with Gasteiger partial charge < -0.3 is 9.64 Å². The van der Waals surface area contributed by atoms with Crippen LogP contribution in [0.15, 0.2) is 53.6 Å². The zero-order chi connectivity index (χ0) is 17.8. The Bertz CT molecular complexity index is 821. The van der Waals surface area contributed by atoms with Crippen LogP contribution in [0.3, 0.4) is 0 Å². The van der Waals surface area contributed by atoms with Gasteiger partial charge in [0.05, 0.1) is 13.3 Å². The summed E-state index contributed by atoms with van der Waals surface area (Å²) in [5, 5.41) is 5.91. The van der Waals surface area contributed by atoms with E-state index < -0.39 is 0 Å². The molecule has 0 radical (unpaired) electrons. The Kier molecular flexibility index (Phi) is 5.00. The molecule has 0 N–H and O–H groups in total. The largest absolute Gasteiger partial charge is 0.497 e. The number of piperazine rings is 1. The molecule has 0 aromatic heterocycles. The molecule has 1 aliphatic rings. The minimum atomic E-state index is -0.257. The normalized spacial score (nSPS) is 15.1. The fraction of sp³-hybridized carbons (Fsp3) is 0.167. The van der Waals surface area contributed by atoms with E-state index in [1.165, 1.54) is 16.1 Å². The lowest BCUT2D eigenvalue weighted by Gasteiger charge is -2.31. The number of nitrogens with zero attached hydrogens (tertiary/aromatic N) is 3. The first-order valence-corrected chi connectivity index (χ1v) is 7.99. The number of rotatable bonds is 4. The molecule has 3 rings (SSSR count). The number of hydrazone groups is 1. The molecule has 128 valence electrons. The first kappa shape index (κ1) is 17.0.